The standard InChI is InChI=1S/C12H17ClOS2/c1-8(2)6-7-15-9(3)12(14)10-4-5-11(13)16-10/h4-5,8-9H,6-7H2,1-3H3. The number of ketones is 1. The number of rotatable bonds is 6. The van der Waals surface area contributed by atoms with Gasteiger partial charge in [-0.05, 0) is 37.1 Å². The van der Waals surface area contributed by atoms with Gasteiger partial charge in [-0.1, -0.05) is 25.4 Å². The Labute approximate surface area is 111 Å². The molecule has 4 heteroatoms. The number of carbonyl (C=O) groups excluding carboxylic acids is 1. The van der Waals surface area contributed by atoms with Crippen LogP contribution < -0.4 is 0 Å². The first-order valence-corrected chi connectivity index (χ1v) is 7.66. The summed E-state index contributed by atoms with van der Waals surface area (Å²) >= 11 is 8.91. The average Bonchev–Trinajstić information content (AvgIpc) is 2.63. The molecule has 0 saturated heterocycles. The van der Waals surface area contributed by atoms with Gasteiger partial charge >= 0.3 is 0 Å². The summed E-state index contributed by atoms with van der Waals surface area (Å²) in [7, 11) is 0. The summed E-state index contributed by atoms with van der Waals surface area (Å²) in [5, 5.41) is 0.0356. The second-order valence-corrected chi connectivity index (χ2v) is 7.33. The molecule has 0 N–H and O–H groups in total. The quantitative estimate of drug-likeness (QED) is 0.698. The highest BCUT2D eigenvalue weighted by molar-refractivity contribution is 8.00. The van der Waals surface area contributed by atoms with Crippen molar-refractivity contribution in [2.75, 3.05) is 5.75 Å². The second-order valence-electron chi connectivity index (χ2n) is 4.16. The fourth-order valence-electron chi connectivity index (χ4n) is 1.20. The number of hydrogen-bond acceptors (Lipinski definition) is 3. The predicted molar refractivity (Wildman–Crippen MR) is 75.0 cm³/mol. The SMILES string of the molecule is CC(C)CCSC(C)C(=O)c1ccc(Cl)s1. The lowest BCUT2D eigenvalue weighted by molar-refractivity contribution is 0.0998. The molecule has 1 rings (SSSR count). The molecule has 1 aromatic rings. The maximum absolute atomic E-state index is 12.0. The highest BCUT2D eigenvalue weighted by atomic mass is 35.5. The van der Waals surface area contributed by atoms with Gasteiger partial charge in [0.15, 0.2) is 5.78 Å². The highest BCUT2D eigenvalue weighted by Crippen LogP contribution is 2.26. The molecule has 1 atom stereocenters. The van der Waals surface area contributed by atoms with Crippen molar-refractivity contribution in [1.29, 1.82) is 0 Å². The highest BCUT2D eigenvalue weighted by Gasteiger charge is 2.17. The predicted octanol–water partition coefficient (Wildman–Crippen LogP) is 4.75. The molecule has 0 aliphatic heterocycles. The van der Waals surface area contributed by atoms with Crippen molar-refractivity contribution in [3.8, 4) is 0 Å². The zero-order chi connectivity index (χ0) is 12.1. The van der Waals surface area contributed by atoms with Crippen LogP contribution in [0.15, 0.2) is 12.1 Å². The fourth-order valence-corrected chi connectivity index (χ4v) is 3.59. The van der Waals surface area contributed by atoms with Gasteiger partial charge in [-0.15, -0.1) is 11.3 Å². The molecular weight excluding hydrogens is 260 g/mol. The first kappa shape index (κ1) is 14.1. The Kier molecular flexibility index (Phi) is 5.87. The molecule has 0 saturated carbocycles. The minimum atomic E-state index is 0.0356. The molecule has 1 heterocycles. The molecule has 0 aliphatic carbocycles. The van der Waals surface area contributed by atoms with Crippen LogP contribution in [-0.4, -0.2) is 16.8 Å². The molecule has 1 aromatic heterocycles. The van der Waals surface area contributed by atoms with E-state index in [0.29, 0.717) is 10.3 Å². The normalized spacial score (nSPS) is 13.1. The van der Waals surface area contributed by atoms with Gasteiger partial charge in [0.05, 0.1) is 14.5 Å². The van der Waals surface area contributed by atoms with Crippen LogP contribution in [0.1, 0.15) is 36.9 Å². The van der Waals surface area contributed by atoms with Crippen LogP contribution in [0.5, 0.6) is 0 Å². The molecule has 1 unspecified atom stereocenters. The van der Waals surface area contributed by atoms with Crippen LogP contribution in [0, 0.1) is 5.92 Å². The Hall–Kier alpha value is 0.01000. The van der Waals surface area contributed by atoms with Crippen LogP contribution in [0.2, 0.25) is 4.34 Å². The number of hydrogen-bond donors (Lipinski definition) is 0. The third kappa shape index (κ3) is 4.48. The third-order valence-corrected chi connectivity index (χ3v) is 4.68. The van der Waals surface area contributed by atoms with Crippen molar-refractivity contribution in [2.45, 2.75) is 32.4 Å². The maximum Gasteiger partial charge on any atom is 0.185 e. The largest absolute Gasteiger partial charge is 0.292 e. The minimum absolute atomic E-state index is 0.0356. The summed E-state index contributed by atoms with van der Waals surface area (Å²) in [4.78, 5) is 12.7. The molecule has 0 radical (unpaired) electrons. The van der Waals surface area contributed by atoms with Crippen LogP contribution in [0.4, 0.5) is 0 Å². The molecule has 90 valence electrons. The first-order chi connectivity index (χ1) is 7.50. The second kappa shape index (κ2) is 6.67. The molecule has 0 fully saturated rings. The van der Waals surface area contributed by atoms with Gasteiger partial charge in [-0.25, -0.2) is 0 Å². The average molecular weight is 277 g/mol. The van der Waals surface area contributed by atoms with Crippen molar-refractivity contribution >= 4 is 40.5 Å². The Balaban J connectivity index is 2.42. The van der Waals surface area contributed by atoms with Crippen LogP contribution in [0.3, 0.4) is 0 Å². The monoisotopic (exact) mass is 276 g/mol. The van der Waals surface area contributed by atoms with Gasteiger partial charge in [0.25, 0.3) is 0 Å². The van der Waals surface area contributed by atoms with E-state index < -0.39 is 0 Å². The van der Waals surface area contributed by atoms with E-state index in [0.717, 1.165) is 17.1 Å². The van der Waals surface area contributed by atoms with Crippen molar-refractivity contribution in [2.24, 2.45) is 5.92 Å². The topological polar surface area (TPSA) is 17.1 Å². The van der Waals surface area contributed by atoms with Crippen molar-refractivity contribution < 1.29 is 4.79 Å². The molecule has 0 amide bonds. The zero-order valence-corrected chi connectivity index (χ0v) is 12.2. The van der Waals surface area contributed by atoms with Crippen molar-refractivity contribution in [3.63, 3.8) is 0 Å². The first-order valence-electron chi connectivity index (χ1n) is 5.42. The van der Waals surface area contributed by atoms with E-state index >= 15 is 0 Å². The van der Waals surface area contributed by atoms with Gasteiger partial charge in [-0.3, -0.25) is 4.79 Å². The molecule has 1 nitrogen and oxygen atoms in total. The lowest BCUT2D eigenvalue weighted by Gasteiger charge is -2.09. The van der Waals surface area contributed by atoms with Crippen LogP contribution in [0.25, 0.3) is 0 Å². The number of halogens is 1. The Morgan fingerprint density at radius 3 is 2.62 bits per heavy atom. The van der Waals surface area contributed by atoms with Crippen LogP contribution in [-0.2, 0) is 0 Å². The maximum atomic E-state index is 12.0. The third-order valence-electron chi connectivity index (χ3n) is 2.25. The molecule has 0 bridgehead atoms. The van der Waals surface area contributed by atoms with E-state index in [1.165, 1.54) is 11.3 Å². The van der Waals surface area contributed by atoms with E-state index in [2.05, 4.69) is 13.8 Å². The zero-order valence-electron chi connectivity index (χ0n) is 9.83. The van der Waals surface area contributed by atoms with E-state index in [1.54, 1.807) is 17.8 Å². The Bertz CT molecular complexity index is 347. The summed E-state index contributed by atoms with van der Waals surface area (Å²) < 4.78 is 0.683. The lowest BCUT2D eigenvalue weighted by atomic mass is 10.2. The van der Waals surface area contributed by atoms with E-state index in [4.69, 9.17) is 11.6 Å². The van der Waals surface area contributed by atoms with Gasteiger partial charge in [-0.2, -0.15) is 11.8 Å². The van der Waals surface area contributed by atoms with Gasteiger partial charge in [0.1, 0.15) is 0 Å². The molecule has 0 aliphatic rings. The number of carbonyl (C=O) groups is 1. The van der Waals surface area contributed by atoms with Crippen molar-refractivity contribution in [3.05, 3.63) is 21.3 Å². The number of thioether (sulfide) groups is 1. The molecule has 16 heavy (non-hydrogen) atoms. The summed E-state index contributed by atoms with van der Waals surface area (Å²) in [5.41, 5.74) is 0. The summed E-state index contributed by atoms with van der Waals surface area (Å²) in [6, 6.07) is 3.60. The smallest absolute Gasteiger partial charge is 0.185 e. The van der Waals surface area contributed by atoms with E-state index in [1.807, 2.05) is 13.0 Å². The number of Topliss-reactive ketones (excluding diaryl/α,β-unsaturated/α-hetero) is 1. The molecular formula is C12H17ClOS2. The van der Waals surface area contributed by atoms with Gasteiger partial charge < -0.3 is 0 Å². The Morgan fingerprint density at radius 2 is 2.12 bits per heavy atom. The van der Waals surface area contributed by atoms with Gasteiger partial charge in [0, 0.05) is 0 Å². The fraction of sp³-hybridized carbons (Fsp3) is 0.583. The Morgan fingerprint density at radius 1 is 1.44 bits per heavy atom. The van der Waals surface area contributed by atoms with Crippen molar-refractivity contribution in [1.82, 2.24) is 0 Å². The molecule has 0 aromatic carbocycles. The van der Waals surface area contributed by atoms with E-state index in [9.17, 15) is 4.79 Å². The lowest BCUT2D eigenvalue weighted by Crippen LogP contribution is -2.13. The molecule has 0 spiro atoms. The summed E-state index contributed by atoms with van der Waals surface area (Å²) in [5.74, 6) is 1.94. The summed E-state index contributed by atoms with van der Waals surface area (Å²) in [6.07, 6.45) is 1.16. The van der Waals surface area contributed by atoms with Crippen LogP contribution >= 0.6 is 34.7 Å². The van der Waals surface area contributed by atoms with Gasteiger partial charge in [0.2, 0.25) is 0 Å². The van der Waals surface area contributed by atoms with E-state index in [-0.39, 0.29) is 11.0 Å². The minimum Gasteiger partial charge on any atom is -0.292 e. The number of thiophene rings is 1. The summed E-state index contributed by atoms with van der Waals surface area (Å²) in [6.45, 7) is 6.37.